The van der Waals surface area contributed by atoms with Crippen molar-refractivity contribution in [3.63, 3.8) is 0 Å². The van der Waals surface area contributed by atoms with E-state index in [9.17, 15) is 32.7 Å². The lowest BCUT2D eigenvalue weighted by Crippen LogP contribution is -2.56. The van der Waals surface area contributed by atoms with E-state index in [2.05, 4.69) is 10.2 Å². The van der Waals surface area contributed by atoms with Gasteiger partial charge < -0.3 is 20.1 Å². The van der Waals surface area contributed by atoms with E-state index < -0.39 is 71.2 Å². The molecule has 0 radical (unpaired) electrons. The maximum atomic E-state index is 15.2. The van der Waals surface area contributed by atoms with Gasteiger partial charge in [-0.3, -0.25) is 18.8 Å². The third kappa shape index (κ3) is 8.91. The average molecular weight is 726 g/mol. The van der Waals surface area contributed by atoms with Crippen LogP contribution in [-0.4, -0.2) is 63.1 Å². The van der Waals surface area contributed by atoms with Crippen molar-refractivity contribution >= 4 is 11.8 Å². The number of nitrogens with one attached hydrogen (secondary N) is 1. The number of alkyl halides is 3. The van der Waals surface area contributed by atoms with Crippen molar-refractivity contribution in [3.8, 4) is 0 Å². The van der Waals surface area contributed by atoms with Gasteiger partial charge in [0.05, 0.1) is 37.3 Å². The highest BCUT2D eigenvalue weighted by Crippen LogP contribution is 2.34. The molecular weight excluding hydrogens is 682 g/mol. The SMILES string of the molecule is Cc1c(N2CCN(Cc3ccccc3)C(CO)C2)c(=O)n(C[C@H](NC(=O)OC(C)(C)C)c2ccccc2)c(=O)n1Cc1c(F)cccc1C(F)(F)F. The quantitative estimate of drug-likeness (QED) is 0.209. The Balaban J connectivity index is 1.63. The molecule has 278 valence electrons. The van der Waals surface area contributed by atoms with Crippen molar-refractivity contribution < 1.29 is 32.2 Å². The fraction of sp³-hybridized carbons (Fsp3) is 0.395. The van der Waals surface area contributed by atoms with Gasteiger partial charge in [0.15, 0.2) is 0 Å². The van der Waals surface area contributed by atoms with Gasteiger partial charge in [-0.15, -0.1) is 0 Å². The maximum absolute atomic E-state index is 15.2. The monoisotopic (exact) mass is 725 g/mol. The number of amides is 1. The highest BCUT2D eigenvalue weighted by Gasteiger charge is 2.36. The van der Waals surface area contributed by atoms with Crippen LogP contribution in [0.1, 0.15) is 54.8 Å². The van der Waals surface area contributed by atoms with Crippen LogP contribution in [0.2, 0.25) is 0 Å². The highest BCUT2D eigenvalue weighted by molar-refractivity contribution is 5.68. The lowest BCUT2D eigenvalue weighted by Gasteiger charge is -2.42. The fourth-order valence-corrected chi connectivity index (χ4v) is 6.49. The van der Waals surface area contributed by atoms with Crippen molar-refractivity contribution in [2.45, 2.75) is 71.2 Å². The van der Waals surface area contributed by atoms with E-state index in [1.807, 2.05) is 30.3 Å². The molecule has 0 saturated carbocycles. The van der Waals surface area contributed by atoms with Gasteiger partial charge in [-0.1, -0.05) is 66.7 Å². The number of hydrogen-bond acceptors (Lipinski definition) is 7. The van der Waals surface area contributed by atoms with E-state index >= 15 is 4.39 Å². The molecule has 1 aliphatic heterocycles. The molecule has 2 atom stereocenters. The summed E-state index contributed by atoms with van der Waals surface area (Å²) in [6, 6.07) is 19.3. The first-order chi connectivity index (χ1) is 24.6. The number of ether oxygens (including phenoxy) is 1. The number of halogens is 4. The minimum Gasteiger partial charge on any atom is -0.444 e. The summed E-state index contributed by atoms with van der Waals surface area (Å²) in [7, 11) is 0. The van der Waals surface area contributed by atoms with Crippen LogP contribution in [0.4, 0.5) is 28.0 Å². The van der Waals surface area contributed by atoms with Gasteiger partial charge in [0.1, 0.15) is 17.1 Å². The van der Waals surface area contributed by atoms with Crippen LogP contribution in [0.15, 0.2) is 88.5 Å². The van der Waals surface area contributed by atoms with Crippen molar-refractivity contribution in [1.82, 2.24) is 19.4 Å². The number of aliphatic hydroxyl groups excluding tert-OH is 1. The molecule has 3 aromatic carbocycles. The molecule has 1 amide bonds. The number of alkyl carbamates (subject to hydrolysis) is 1. The van der Waals surface area contributed by atoms with Crippen LogP contribution in [0, 0.1) is 12.7 Å². The summed E-state index contributed by atoms with van der Waals surface area (Å²) in [5.74, 6) is -1.16. The number of carbonyl (C=O) groups excluding carboxylic acids is 1. The molecule has 1 aromatic heterocycles. The molecule has 1 saturated heterocycles. The molecule has 1 aliphatic rings. The van der Waals surface area contributed by atoms with Crippen LogP contribution in [0.25, 0.3) is 0 Å². The number of rotatable bonds is 10. The predicted molar refractivity (Wildman–Crippen MR) is 189 cm³/mol. The Morgan fingerprint density at radius 2 is 1.58 bits per heavy atom. The molecule has 2 N–H and O–H groups in total. The number of benzene rings is 3. The van der Waals surface area contributed by atoms with Crippen molar-refractivity contribution in [2.75, 3.05) is 31.1 Å². The largest absolute Gasteiger partial charge is 0.444 e. The molecule has 5 rings (SSSR count). The Bertz CT molecular complexity index is 1980. The zero-order valence-corrected chi connectivity index (χ0v) is 29.5. The number of nitrogens with zero attached hydrogens (tertiary/aromatic N) is 4. The Morgan fingerprint density at radius 1 is 0.923 bits per heavy atom. The normalized spacial score (nSPS) is 16.1. The Morgan fingerprint density at radius 3 is 2.19 bits per heavy atom. The maximum Gasteiger partial charge on any atom is 0.416 e. The van der Waals surface area contributed by atoms with E-state index in [0.29, 0.717) is 18.7 Å². The number of aromatic nitrogens is 2. The summed E-state index contributed by atoms with van der Waals surface area (Å²) < 4.78 is 64.8. The average Bonchev–Trinajstić information content (AvgIpc) is 3.08. The lowest BCUT2D eigenvalue weighted by atomic mass is 10.1. The van der Waals surface area contributed by atoms with Gasteiger partial charge in [-0.25, -0.2) is 14.0 Å². The molecule has 0 aliphatic carbocycles. The van der Waals surface area contributed by atoms with E-state index in [1.54, 1.807) is 56.0 Å². The summed E-state index contributed by atoms with van der Waals surface area (Å²) in [4.78, 5) is 45.5. The van der Waals surface area contributed by atoms with E-state index in [-0.39, 0.29) is 31.1 Å². The first-order valence-electron chi connectivity index (χ1n) is 16.9. The second-order valence-corrected chi connectivity index (χ2v) is 13.8. The van der Waals surface area contributed by atoms with Crippen molar-refractivity contribution in [1.29, 1.82) is 0 Å². The van der Waals surface area contributed by atoms with Crippen LogP contribution in [0.5, 0.6) is 0 Å². The minimum atomic E-state index is -4.93. The number of aliphatic hydroxyl groups is 1. The molecular formula is C38H43F4N5O5. The molecule has 10 nitrogen and oxygen atoms in total. The summed E-state index contributed by atoms with van der Waals surface area (Å²) in [6.07, 6.45) is -5.74. The zero-order chi connectivity index (χ0) is 37.8. The van der Waals surface area contributed by atoms with Gasteiger partial charge in [-0.05, 0) is 51.0 Å². The molecule has 1 unspecified atom stereocenters. The van der Waals surface area contributed by atoms with Crippen molar-refractivity contribution in [3.05, 3.63) is 133 Å². The minimum absolute atomic E-state index is 0.0198. The van der Waals surface area contributed by atoms with Gasteiger partial charge in [0.2, 0.25) is 0 Å². The molecule has 1 fully saturated rings. The van der Waals surface area contributed by atoms with Crippen LogP contribution in [0.3, 0.4) is 0 Å². The number of hydrogen-bond donors (Lipinski definition) is 2. The molecule has 2 heterocycles. The highest BCUT2D eigenvalue weighted by atomic mass is 19.4. The number of piperazine rings is 1. The van der Waals surface area contributed by atoms with Gasteiger partial charge in [0, 0.05) is 37.4 Å². The fourth-order valence-electron chi connectivity index (χ4n) is 6.49. The van der Waals surface area contributed by atoms with Gasteiger partial charge in [0.25, 0.3) is 5.56 Å². The molecule has 0 bridgehead atoms. The molecule has 52 heavy (non-hydrogen) atoms. The first kappa shape index (κ1) is 38.3. The summed E-state index contributed by atoms with van der Waals surface area (Å²) in [5.41, 5.74) is -3.01. The second kappa shape index (κ2) is 15.7. The van der Waals surface area contributed by atoms with Crippen LogP contribution < -0.4 is 21.5 Å². The summed E-state index contributed by atoms with van der Waals surface area (Å²) in [6.45, 7) is 6.35. The van der Waals surface area contributed by atoms with E-state index in [0.717, 1.165) is 32.9 Å². The lowest BCUT2D eigenvalue weighted by molar-refractivity contribution is -0.138. The third-order valence-electron chi connectivity index (χ3n) is 9.02. The van der Waals surface area contributed by atoms with Crippen molar-refractivity contribution in [2.24, 2.45) is 0 Å². The predicted octanol–water partition coefficient (Wildman–Crippen LogP) is 5.47. The second-order valence-electron chi connectivity index (χ2n) is 13.8. The summed E-state index contributed by atoms with van der Waals surface area (Å²) in [5, 5.41) is 13.2. The van der Waals surface area contributed by atoms with Crippen LogP contribution >= 0.6 is 0 Å². The molecule has 14 heteroatoms. The standard InChI is InChI=1S/C38H43F4N5O5/c1-25-33(45-19-18-44(28(21-45)24-48)20-26-12-7-5-8-13-26)34(49)47(23-32(27-14-9-6-10-15-27)43-35(50)52-37(2,3)4)36(51)46(25)22-29-30(38(40,41)42)16-11-17-31(29)39/h5-17,28,32,48H,18-24H2,1-4H3,(H,43,50)/t28?,32-/m0/s1. The first-order valence-corrected chi connectivity index (χ1v) is 16.9. The Labute approximate surface area is 298 Å². The summed E-state index contributed by atoms with van der Waals surface area (Å²) >= 11 is 0. The Hall–Kier alpha value is -4.95. The Kier molecular flexibility index (Phi) is 11.6. The molecule has 4 aromatic rings. The zero-order valence-electron chi connectivity index (χ0n) is 29.5. The van der Waals surface area contributed by atoms with Gasteiger partial charge in [-0.2, -0.15) is 13.2 Å². The number of carbonyl (C=O) groups is 1. The van der Waals surface area contributed by atoms with Gasteiger partial charge >= 0.3 is 18.0 Å². The smallest absolute Gasteiger partial charge is 0.416 e. The third-order valence-corrected chi connectivity index (χ3v) is 9.02. The topological polar surface area (TPSA) is 109 Å². The van der Waals surface area contributed by atoms with E-state index in [4.69, 9.17) is 4.74 Å². The van der Waals surface area contributed by atoms with E-state index in [1.165, 1.54) is 6.92 Å². The van der Waals surface area contributed by atoms with Crippen LogP contribution in [-0.2, 0) is 30.5 Å². The number of anilines is 1. The molecule has 0 spiro atoms.